The van der Waals surface area contributed by atoms with Gasteiger partial charge in [-0.3, -0.25) is 9.97 Å². The predicted molar refractivity (Wildman–Crippen MR) is 112 cm³/mol. The fraction of sp³-hybridized carbons (Fsp3) is 0.739. The Bertz CT molecular complexity index is 540. The highest BCUT2D eigenvalue weighted by molar-refractivity contribution is 5.47. The van der Waals surface area contributed by atoms with Gasteiger partial charge in [-0.15, -0.1) is 0 Å². The van der Waals surface area contributed by atoms with Crippen molar-refractivity contribution in [1.82, 2.24) is 14.9 Å². The zero-order valence-electron chi connectivity index (χ0n) is 17.5. The second kappa shape index (κ2) is 11.4. The summed E-state index contributed by atoms with van der Waals surface area (Å²) in [6.07, 6.45) is 18.8. The summed E-state index contributed by atoms with van der Waals surface area (Å²) in [4.78, 5) is 11.7. The molecular formula is C23H39N3. The number of nitrogens with zero attached hydrogens (tertiary/aromatic N) is 3. The Morgan fingerprint density at radius 1 is 1.15 bits per heavy atom. The average molecular weight is 358 g/mol. The number of hydrogen-bond acceptors (Lipinski definition) is 3. The van der Waals surface area contributed by atoms with Gasteiger partial charge < -0.3 is 4.90 Å². The summed E-state index contributed by atoms with van der Waals surface area (Å²) < 4.78 is 0. The molecule has 146 valence electrons. The molecular weight excluding hydrogens is 318 g/mol. The van der Waals surface area contributed by atoms with E-state index in [1.54, 1.807) is 0 Å². The third-order valence-electron chi connectivity index (χ3n) is 5.94. The summed E-state index contributed by atoms with van der Waals surface area (Å²) in [6.45, 7) is 11.4. The van der Waals surface area contributed by atoms with Crippen LogP contribution in [0.5, 0.6) is 0 Å². The van der Waals surface area contributed by atoms with Crippen LogP contribution in [-0.4, -0.2) is 28.0 Å². The van der Waals surface area contributed by atoms with Crippen molar-refractivity contribution in [3.8, 4) is 0 Å². The molecule has 0 saturated heterocycles. The van der Waals surface area contributed by atoms with E-state index >= 15 is 0 Å². The lowest BCUT2D eigenvalue weighted by molar-refractivity contribution is 0.387. The smallest absolute Gasteiger partial charge is 0.0862 e. The summed E-state index contributed by atoms with van der Waals surface area (Å²) in [5, 5.41) is 0. The normalized spacial score (nSPS) is 22.3. The topological polar surface area (TPSA) is 29.0 Å². The highest BCUT2D eigenvalue weighted by Crippen LogP contribution is 2.34. The first-order chi connectivity index (χ1) is 12.6. The minimum atomic E-state index is 0.479. The highest BCUT2D eigenvalue weighted by atomic mass is 15.1. The van der Waals surface area contributed by atoms with Gasteiger partial charge in [0.25, 0.3) is 0 Å². The van der Waals surface area contributed by atoms with Crippen LogP contribution in [0, 0.1) is 11.8 Å². The van der Waals surface area contributed by atoms with E-state index in [9.17, 15) is 0 Å². The van der Waals surface area contributed by atoms with Crippen LogP contribution in [0.15, 0.2) is 18.6 Å². The van der Waals surface area contributed by atoms with E-state index in [4.69, 9.17) is 4.98 Å². The molecule has 2 rings (SSSR count). The maximum atomic E-state index is 4.72. The lowest BCUT2D eigenvalue weighted by atomic mass is 9.87. The maximum Gasteiger partial charge on any atom is 0.0862 e. The molecule has 1 saturated carbocycles. The summed E-state index contributed by atoms with van der Waals surface area (Å²) in [5.41, 5.74) is 2.23. The van der Waals surface area contributed by atoms with E-state index in [-0.39, 0.29) is 0 Å². The standard InChI is InChI=1S/C23H39N3/c1-5-7-16-26(6-2)17-13-22-23(25-15-14-24-22)20(4)18-21-10-8-9-19(3)11-12-21/h13-15,17,19-21H,5-12,16,18H2,1-4H3/b17-13+/t19?,20?,21-/m1/s1. The monoisotopic (exact) mass is 357 g/mol. The third-order valence-corrected chi connectivity index (χ3v) is 5.94. The summed E-state index contributed by atoms with van der Waals surface area (Å²) in [7, 11) is 0. The van der Waals surface area contributed by atoms with Crippen LogP contribution >= 0.6 is 0 Å². The second-order valence-electron chi connectivity index (χ2n) is 8.24. The molecule has 0 aromatic carbocycles. The van der Waals surface area contributed by atoms with Crippen molar-refractivity contribution in [3.05, 3.63) is 30.0 Å². The molecule has 1 aliphatic carbocycles. The van der Waals surface area contributed by atoms with Gasteiger partial charge >= 0.3 is 0 Å². The van der Waals surface area contributed by atoms with Crippen molar-refractivity contribution in [3.63, 3.8) is 0 Å². The third kappa shape index (κ3) is 6.74. The number of rotatable bonds is 9. The first-order valence-corrected chi connectivity index (χ1v) is 10.9. The molecule has 0 aliphatic heterocycles. The van der Waals surface area contributed by atoms with Crippen LogP contribution in [0.1, 0.15) is 96.4 Å². The number of unbranched alkanes of at least 4 members (excludes halogenated alkanes) is 1. The number of aromatic nitrogens is 2. The fourth-order valence-corrected chi connectivity index (χ4v) is 4.15. The molecule has 1 aliphatic rings. The molecule has 1 aromatic heterocycles. The van der Waals surface area contributed by atoms with Gasteiger partial charge in [-0.05, 0) is 37.7 Å². The van der Waals surface area contributed by atoms with Crippen molar-refractivity contribution in [2.45, 2.75) is 85.0 Å². The van der Waals surface area contributed by atoms with Gasteiger partial charge in [-0.2, -0.15) is 0 Å². The van der Waals surface area contributed by atoms with E-state index in [0.717, 1.165) is 30.6 Å². The van der Waals surface area contributed by atoms with Gasteiger partial charge in [-0.25, -0.2) is 0 Å². The van der Waals surface area contributed by atoms with Gasteiger partial charge in [0.15, 0.2) is 0 Å². The van der Waals surface area contributed by atoms with Gasteiger partial charge in [0.1, 0.15) is 0 Å². The first-order valence-electron chi connectivity index (χ1n) is 10.9. The van der Waals surface area contributed by atoms with Crippen molar-refractivity contribution in [1.29, 1.82) is 0 Å². The molecule has 0 spiro atoms. The molecule has 1 fully saturated rings. The van der Waals surface area contributed by atoms with Crippen LogP contribution in [0.25, 0.3) is 6.08 Å². The molecule has 0 radical (unpaired) electrons. The van der Waals surface area contributed by atoms with Gasteiger partial charge in [0, 0.05) is 37.6 Å². The second-order valence-corrected chi connectivity index (χ2v) is 8.24. The fourth-order valence-electron chi connectivity index (χ4n) is 4.15. The van der Waals surface area contributed by atoms with E-state index < -0.39 is 0 Å². The first kappa shape index (κ1) is 20.9. The van der Waals surface area contributed by atoms with E-state index in [1.165, 1.54) is 57.1 Å². The van der Waals surface area contributed by atoms with Crippen LogP contribution in [0.3, 0.4) is 0 Å². The molecule has 1 heterocycles. The van der Waals surface area contributed by atoms with Crippen molar-refractivity contribution in [2.24, 2.45) is 11.8 Å². The molecule has 0 bridgehead atoms. The minimum absolute atomic E-state index is 0.479. The molecule has 2 unspecified atom stereocenters. The maximum absolute atomic E-state index is 4.72. The Morgan fingerprint density at radius 2 is 1.96 bits per heavy atom. The SMILES string of the molecule is CCCCN(/C=C/c1nccnc1C(C)C[C@@H]1CCCC(C)CC1)CC. The summed E-state index contributed by atoms with van der Waals surface area (Å²) >= 11 is 0. The molecule has 0 N–H and O–H groups in total. The Labute approximate surface area is 161 Å². The Morgan fingerprint density at radius 3 is 2.73 bits per heavy atom. The van der Waals surface area contributed by atoms with Crippen LogP contribution in [-0.2, 0) is 0 Å². The number of hydrogen-bond donors (Lipinski definition) is 0. The van der Waals surface area contributed by atoms with Gasteiger partial charge in [-0.1, -0.05) is 59.3 Å². The summed E-state index contributed by atoms with van der Waals surface area (Å²) in [5.74, 6) is 2.24. The Hall–Kier alpha value is -1.38. The minimum Gasteiger partial charge on any atom is -0.378 e. The average Bonchev–Trinajstić information content (AvgIpc) is 2.86. The zero-order valence-corrected chi connectivity index (χ0v) is 17.5. The van der Waals surface area contributed by atoms with Crippen molar-refractivity contribution >= 4 is 6.08 Å². The van der Waals surface area contributed by atoms with Crippen LogP contribution < -0.4 is 0 Å². The highest BCUT2D eigenvalue weighted by Gasteiger charge is 2.21. The Balaban J connectivity index is 2.02. The van der Waals surface area contributed by atoms with Gasteiger partial charge in [0.2, 0.25) is 0 Å². The zero-order chi connectivity index (χ0) is 18.8. The molecule has 1 aromatic rings. The predicted octanol–water partition coefficient (Wildman–Crippen LogP) is 6.28. The molecule has 26 heavy (non-hydrogen) atoms. The van der Waals surface area contributed by atoms with Gasteiger partial charge in [0.05, 0.1) is 11.4 Å². The molecule has 3 atom stereocenters. The Kier molecular flexibility index (Phi) is 9.14. The van der Waals surface area contributed by atoms with Crippen LogP contribution in [0.2, 0.25) is 0 Å². The lowest BCUT2D eigenvalue weighted by Gasteiger charge is -2.21. The molecule has 3 nitrogen and oxygen atoms in total. The van der Waals surface area contributed by atoms with E-state index in [1.807, 2.05) is 12.4 Å². The lowest BCUT2D eigenvalue weighted by Crippen LogP contribution is -2.17. The van der Waals surface area contributed by atoms with E-state index in [2.05, 4.69) is 49.9 Å². The quantitative estimate of drug-likeness (QED) is 0.487. The molecule has 3 heteroatoms. The van der Waals surface area contributed by atoms with Crippen LogP contribution in [0.4, 0.5) is 0 Å². The largest absolute Gasteiger partial charge is 0.378 e. The van der Waals surface area contributed by atoms with E-state index in [0.29, 0.717) is 5.92 Å². The molecule has 0 amide bonds. The summed E-state index contributed by atoms with van der Waals surface area (Å²) in [6, 6.07) is 0. The van der Waals surface area contributed by atoms with Crippen molar-refractivity contribution < 1.29 is 0 Å². The van der Waals surface area contributed by atoms with Crippen molar-refractivity contribution in [2.75, 3.05) is 13.1 Å².